The van der Waals surface area contributed by atoms with E-state index in [4.69, 9.17) is 0 Å². The van der Waals surface area contributed by atoms with Gasteiger partial charge in [-0.05, 0) is 11.6 Å². The Bertz CT molecular complexity index is 622. The van der Waals surface area contributed by atoms with Gasteiger partial charge in [-0.15, -0.1) is 0 Å². The Labute approximate surface area is 109 Å². The number of benzene rings is 1. The first-order valence-electron chi connectivity index (χ1n) is 5.81. The van der Waals surface area contributed by atoms with E-state index in [0.717, 1.165) is 11.3 Å². The predicted octanol–water partition coefficient (Wildman–Crippen LogP) is 1.27. The van der Waals surface area contributed by atoms with Crippen LogP contribution >= 0.6 is 0 Å². The maximum Gasteiger partial charge on any atom is 0.276 e. The highest BCUT2D eigenvalue weighted by molar-refractivity contribution is 5.99. The Morgan fingerprint density at radius 3 is 2.89 bits per heavy atom. The molecule has 1 N–H and O–H groups in total. The molecule has 0 saturated heterocycles. The third-order valence-electron chi connectivity index (χ3n) is 2.93. The van der Waals surface area contributed by atoms with Gasteiger partial charge >= 0.3 is 0 Å². The van der Waals surface area contributed by atoms with Crippen molar-refractivity contribution < 1.29 is 14.1 Å². The molecule has 0 unspecified atom stereocenters. The van der Waals surface area contributed by atoms with Gasteiger partial charge in [0.2, 0.25) is 5.91 Å². The van der Waals surface area contributed by atoms with Crippen LogP contribution in [0.25, 0.3) is 0 Å². The second kappa shape index (κ2) is 4.56. The molecule has 1 aromatic heterocycles. The number of rotatable bonds is 1. The molecule has 0 aliphatic carbocycles. The molecule has 6 nitrogen and oxygen atoms in total. The lowest BCUT2D eigenvalue weighted by Crippen LogP contribution is -2.35. The molecular weight excluding hydrogens is 246 g/mol. The summed E-state index contributed by atoms with van der Waals surface area (Å²) in [5.74, 6) is -0.539. The summed E-state index contributed by atoms with van der Waals surface area (Å²) in [6.45, 7) is 0.362. The third kappa shape index (κ3) is 2.20. The van der Waals surface area contributed by atoms with Crippen molar-refractivity contribution in [2.75, 3.05) is 11.9 Å². The number of fused-ring (bicyclic) bond motifs is 1. The van der Waals surface area contributed by atoms with Crippen LogP contribution in [0.3, 0.4) is 0 Å². The molecule has 0 atom stereocenters. The zero-order valence-electron chi connectivity index (χ0n) is 10.00. The number of aromatic nitrogens is 1. The van der Waals surface area contributed by atoms with Gasteiger partial charge in [0.1, 0.15) is 12.8 Å². The topological polar surface area (TPSA) is 75.4 Å². The summed E-state index contributed by atoms with van der Waals surface area (Å²) in [5, 5.41) is 6.38. The van der Waals surface area contributed by atoms with Crippen LogP contribution in [-0.4, -0.2) is 28.4 Å². The van der Waals surface area contributed by atoms with Crippen LogP contribution in [-0.2, 0) is 11.3 Å². The fourth-order valence-corrected chi connectivity index (χ4v) is 2.03. The largest absolute Gasteiger partial charge is 0.364 e. The zero-order valence-corrected chi connectivity index (χ0v) is 10.00. The Morgan fingerprint density at radius 2 is 2.11 bits per heavy atom. The monoisotopic (exact) mass is 257 g/mol. The maximum atomic E-state index is 12.2. The summed E-state index contributed by atoms with van der Waals surface area (Å²) in [5.41, 5.74) is 1.83. The Morgan fingerprint density at radius 1 is 1.26 bits per heavy atom. The van der Waals surface area contributed by atoms with Crippen molar-refractivity contribution in [1.82, 2.24) is 10.1 Å². The van der Waals surface area contributed by atoms with Gasteiger partial charge in [-0.2, -0.15) is 0 Å². The smallest absolute Gasteiger partial charge is 0.276 e. The van der Waals surface area contributed by atoms with Crippen LogP contribution in [0.2, 0.25) is 0 Å². The van der Waals surface area contributed by atoms with Gasteiger partial charge in [0, 0.05) is 18.3 Å². The van der Waals surface area contributed by atoms with Crippen molar-refractivity contribution in [3.63, 3.8) is 0 Å². The van der Waals surface area contributed by atoms with E-state index in [1.54, 1.807) is 0 Å². The summed E-state index contributed by atoms with van der Waals surface area (Å²) < 4.78 is 4.66. The van der Waals surface area contributed by atoms with E-state index in [0.29, 0.717) is 6.54 Å². The quantitative estimate of drug-likeness (QED) is 0.834. The average Bonchev–Trinajstić information content (AvgIpc) is 2.87. The van der Waals surface area contributed by atoms with E-state index in [1.165, 1.54) is 17.2 Å². The molecule has 96 valence electrons. The summed E-state index contributed by atoms with van der Waals surface area (Å²) in [4.78, 5) is 25.4. The van der Waals surface area contributed by atoms with E-state index in [9.17, 15) is 9.59 Å². The number of carbonyl (C=O) groups excluding carboxylic acids is 2. The first kappa shape index (κ1) is 11.5. The Hall–Kier alpha value is -2.63. The van der Waals surface area contributed by atoms with Gasteiger partial charge in [-0.3, -0.25) is 9.59 Å². The molecule has 2 aromatic rings. The Kier molecular flexibility index (Phi) is 2.75. The first-order valence-corrected chi connectivity index (χ1v) is 5.81. The van der Waals surface area contributed by atoms with Crippen LogP contribution in [0.15, 0.2) is 41.1 Å². The average molecular weight is 257 g/mol. The summed E-state index contributed by atoms with van der Waals surface area (Å²) >= 11 is 0. The lowest BCUT2D eigenvalue weighted by atomic mass is 10.1. The minimum Gasteiger partial charge on any atom is -0.364 e. The molecule has 1 aromatic carbocycles. The molecule has 1 aliphatic heterocycles. The number of nitrogens with one attached hydrogen (secondary N) is 1. The van der Waals surface area contributed by atoms with Crippen molar-refractivity contribution in [1.29, 1.82) is 0 Å². The molecule has 0 saturated carbocycles. The van der Waals surface area contributed by atoms with E-state index in [2.05, 4.69) is 15.0 Å². The lowest BCUT2D eigenvalue weighted by Gasteiger charge is -2.17. The van der Waals surface area contributed by atoms with E-state index < -0.39 is 0 Å². The van der Waals surface area contributed by atoms with Crippen LogP contribution in [0.5, 0.6) is 0 Å². The molecule has 0 bridgehead atoms. The second-order valence-electron chi connectivity index (χ2n) is 4.25. The standard InChI is InChI=1S/C13H11N3O3/c17-12-8-16(13(18)11-5-6-19-15-11)7-9-3-1-2-4-10(9)14-12/h1-6H,7-8H2,(H,14,17). The SMILES string of the molecule is O=C1CN(C(=O)c2ccon2)Cc2ccccc2N1. The number of hydrogen-bond acceptors (Lipinski definition) is 4. The number of anilines is 1. The van der Waals surface area contributed by atoms with E-state index >= 15 is 0 Å². The molecule has 2 heterocycles. The molecule has 19 heavy (non-hydrogen) atoms. The first-order chi connectivity index (χ1) is 9.24. The fraction of sp³-hybridized carbons (Fsp3) is 0.154. The minimum atomic E-state index is -0.319. The molecule has 0 fully saturated rings. The fourth-order valence-electron chi connectivity index (χ4n) is 2.03. The summed E-state index contributed by atoms with van der Waals surface area (Å²) in [6, 6.07) is 8.89. The van der Waals surface area contributed by atoms with Gasteiger partial charge < -0.3 is 14.7 Å². The van der Waals surface area contributed by atoms with Gasteiger partial charge in [0.25, 0.3) is 5.91 Å². The number of para-hydroxylation sites is 1. The molecule has 1 aliphatic rings. The number of carbonyl (C=O) groups is 2. The van der Waals surface area contributed by atoms with Crippen LogP contribution in [0.4, 0.5) is 5.69 Å². The molecular formula is C13H11N3O3. The predicted molar refractivity (Wildman–Crippen MR) is 66.3 cm³/mol. The lowest BCUT2D eigenvalue weighted by molar-refractivity contribution is -0.116. The van der Waals surface area contributed by atoms with Gasteiger partial charge in [-0.1, -0.05) is 23.4 Å². The number of hydrogen-bond donors (Lipinski definition) is 1. The van der Waals surface area contributed by atoms with Crippen LogP contribution < -0.4 is 5.32 Å². The van der Waals surface area contributed by atoms with Gasteiger partial charge in [0.05, 0.1) is 0 Å². The molecule has 0 spiro atoms. The molecule has 2 amide bonds. The highest BCUT2D eigenvalue weighted by Gasteiger charge is 2.25. The summed E-state index contributed by atoms with van der Waals surface area (Å²) in [7, 11) is 0. The van der Waals surface area contributed by atoms with Gasteiger partial charge in [0.15, 0.2) is 5.69 Å². The summed E-state index contributed by atoms with van der Waals surface area (Å²) in [6.07, 6.45) is 1.33. The normalized spacial score (nSPS) is 14.5. The molecule has 0 radical (unpaired) electrons. The molecule has 3 rings (SSSR count). The molecule has 6 heteroatoms. The highest BCUT2D eigenvalue weighted by Crippen LogP contribution is 2.21. The Balaban J connectivity index is 1.92. The van der Waals surface area contributed by atoms with Crippen LogP contribution in [0.1, 0.15) is 16.1 Å². The van der Waals surface area contributed by atoms with E-state index in [1.807, 2.05) is 24.3 Å². The number of nitrogens with zero attached hydrogens (tertiary/aromatic N) is 2. The van der Waals surface area contributed by atoms with Gasteiger partial charge in [-0.25, -0.2) is 0 Å². The zero-order chi connectivity index (χ0) is 13.2. The van der Waals surface area contributed by atoms with Crippen molar-refractivity contribution in [2.45, 2.75) is 6.54 Å². The third-order valence-corrected chi connectivity index (χ3v) is 2.93. The number of amides is 2. The minimum absolute atomic E-state index is 0.000370. The highest BCUT2D eigenvalue weighted by atomic mass is 16.5. The van der Waals surface area contributed by atoms with Crippen molar-refractivity contribution in [2.24, 2.45) is 0 Å². The van der Waals surface area contributed by atoms with Crippen molar-refractivity contribution in [3.05, 3.63) is 47.9 Å². The maximum absolute atomic E-state index is 12.2. The van der Waals surface area contributed by atoms with Crippen LogP contribution in [0, 0.1) is 0 Å². The van der Waals surface area contributed by atoms with E-state index in [-0.39, 0.29) is 24.1 Å². The second-order valence-corrected chi connectivity index (χ2v) is 4.25. The van der Waals surface area contributed by atoms with Crippen molar-refractivity contribution >= 4 is 17.5 Å². The van der Waals surface area contributed by atoms with Crippen molar-refractivity contribution in [3.8, 4) is 0 Å².